The van der Waals surface area contributed by atoms with Crippen molar-refractivity contribution in [2.75, 3.05) is 12.8 Å². The summed E-state index contributed by atoms with van der Waals surface area (Å²) >= 11 is 0. The highest BCUT2D eigenvalue weighted by atomic mass is 16.5. The summed E-state index contributed by atoms with van der Waals surface area (Å²) < 4.78 is 5.15. The van der Waals surface area contributed by atoms with Crippen molar-refractivity contribution < 1.29 is 19.4 Å². The van der Waals surface area contributed by atoms with Crippen molar-refractivity contribution in [1.82, 2.24) is 5.32 Å². The zero-order valence-electron chi connectivity index (χ0n) is 14.3. The monoisotopic (exact) mass is 342 g/mol. The van der Waals surface area contributed by atoms with Gasteiger partial charge in [0, 0.05) is 23.4 Å². The summed E-state index contributed by atoms with van der Waals surface area (Å²) in [6.07, 6.45) is 0.456. The van der Waals surface area contributed by atoms with Gasteiger partial charge in [0.05, 0.1) is 7.11 Å². The maximum atomic E-state index is 12.7. The lowest BCUT2D eigenvalue weighted by atomic mass is 10.00. The zero-order valence-corrected chi connectivity index (χ0v) is 14.3. The number of anilines is 1. The highest BCUT2D eigenvalue weighted by molar-refractivity contribution is 6.09. The molecule has 132 valence electrons. The standard InChI is InChI=1S/C19H22N2O4/c1-3-17(19(23)24)21-11-14-9-13(7-8-16(14)20)18(22)12-5-4-6-15(10-12)25-2/h4-10,17,21H,3,11,20H2,1-2H3,(H,23,24). The van der Waals surface area contributed by atoms with E-state index in [2.05, 4.69) is 5.32 Å². The Morgan fingerprint density at radius 2 is 1.92 bits per heavy atom. The minimum Gasteiger partial charge on any atom is -0.497 e. The fraction of sp³-hybridized carbons (Fsp3) is 0.263. The van der Waals surface area contributed by atoms with Gasteiger partial charge in [-0.25, -0.2) is 0 Å². The van der Waals surface area contributed by atoms with Crippen LogP contribution in [0.5, 0.6) is 5.75 Å². The maximum Gasteiger partial charge on any atom is 0.320 e. The summed E-state index contributed by atoms with van der Waals surface area (Å²) in [6, 6.07) is 11.3. The minimum atomic E-state index is -0.912. The van der Waals surface area contributed by atoms with Crippen LogP contribution in [0.4, 0.5) is 5.69 Å². The van der Waals surface area contributed by atoms with Crippen LogP contribution in [-0.2, 0) is 11.3 Å². The van der Waals surface area contributed by atoms with Crippen LogP contribution in [-0.4, -0.2) is 30.0 Å². The van der Waals surface area contributed by atoms with Crippen LogP contribution in [0.3, 0.4) is 0 Å². The van der Waals surface area contributed by atoms with Crippen LogP contribution in [0.25, 0.3) is 0 Å². The third kappa shape index (κ3) is 4.58. The van der Waals surface area contributed by atoms with Gasteiger partial charge in [-0.2, -0.15) is 0 Å². The average Bonchev–Trinajstić information content (AvgIpc) is 2.62. The van der Waals surface area contributed by atoms with Gasteiger partial charge in [0.25, 0.3) is 0 Å². The molecule has 25 heavy (non-hydrogen) atoms. The number of nitrogen functional groups attached to an aromatic ring is 1. The van der Waals surface area contributed by atoms with Gasteiger partial charge in [0.2, 0.25) is 0 Å². The lowest BCUT2D eigenvalue weighted by molar-refractivity contribution is -0.139. The molecule has 6 nitrogen and oxygen atoms in total. The fourth-order valence-corrected chi connectivity index (χ4v) is 2.47. The van der Waals surface area contributed by atoms with E-state index in [1.807, 2.05) is 0 Å². The first-order chi connectivity index (χ1) is 12.0. The van der Waals surface area contributed by atoms with Crippen LogP contribution in [0.1, 0.15) is 34.8 Å². The van der Waals surface area contributed by atoms with Crippen molar-refractivity contribution in [2.45, 2.75) is 25.9 Å². The quantitative estimate of drug-likeness (QED) is 0.503. The molecule has 4 N–H and O–H groups in total. The Morgan fingerprint density at radius 3 is 2.56 bits per heavy atom. The number of methoxy groups -OCH3 is 1. The molecule has 0 bridgehead atoms. The second-order valence-corrected chi connectivity index (χ2v) is 5.65. The molecule has 0 spiro atoms. The molecule has 0 amide bonds. The number of carbonyl (C=O) groups excluding carboxylic acids is 1. The van der Waals surface area contributed by atoms with E-state index in [-0.39, 0.29) is 12.3 Å². The van der Waals surface area contributed by atoms with Crippen LogP contribution in [0.2, 0.25) is 0 Å². The van der Waals surface area contributed by atoms with Crippen molar-refractivity contribution in [3.63, 3.8) is 0 Å². The number of ether oxygens (including phenoxy) is 1. The van der Waals surface area contributed by atoms with Crippen LogP contribution < -0.4 is 15.8 Å². The molecule has 2 aromatic rings. The summed E-state index contributed by atoms with van der Waals surface area (Å²) in [4.78, 5) is 23.8. The normalized spacial score (nSPS) is 11.8. The van der Waals surface area contributed by atoms with Crippen LogP contribution in [0.15, 0.2) is 42.5 Å². The molecule has 6 heteroatoms. The van der Waals surface area contributed by atoms with E-state index >= 15 is 0 Å². The van der Waals surface area contributed by atoms with Gasteiger partial charge in [-0.15, -0.1) is 0 Å². The molecule has 0 saturated carbocycles. The number of aliphatic carboxylic acids is 1. The Labute approximate surface area is 146 Å². The van der Waals surface area contributed by atoms with E-state index in [0.717, 1.165) is 0 Å². The van der Waals surface area contributed by atoms with Crippen molar-refractivity contribution in [3.8, 4) is 5.75 Å². The number of rotatable bonds is 8. The summed E-state index contributed by atoms with van der Waals surface area (Å²) in [5, 5.41) is 12.0. The molecule has 0 aliphatic carbocycles. The summed E-state index contributed by atoms with van der Waals surface area (Å²) in [5.41, 5.74) is 8.16. The molecule has 0 radical (unpaired) electrons. The predicted octanol–water partition coefficient (Wildman–Crippen LogP) is 2.46. The Kier molecular flexibility index (Phi) is 6.14. The molecule has 0 heterocycles. The number of hydrogen-bond donors (Lipinski definition) is 3. The highest BCUT2D eigenvalue weighted by Gasteiger charge is 2.16. The number of carboxylic acids is 1. The average molecular weight is 342 g/mol. The first-order valence-corrected chi connectivity index (χ1v) is 7.99. The molecule has 0 saturated heterocycles. The van der Waals surface area contributed by atoms with E-state index < -0.39 is 12.0 Å². The number of nitrogens with one attached hydrogen (secondary N) is 1. The zero-order chi connectivity index (χ0) is 18.4. The Balaban J connectivity index is 2.22. The van der Waals surface area contributed by atoms with E-state index in [0.29, 0.717) is 34.5 Å². The van der Waals surface area contributed by atoms with E-state index in [1.165, 1.54) is 0 Å². The van der Waals surface area contributed by atoms with Gasteiger partial charge in [-0.3, -0.25) is 9.59 Å². The summed E-state index contributed by atoms with van der Waals surface area (Å²) in [6.45, 7) is 2.06. The number of nitrogens with two attached hydrogens (primary N) is 1. The SMILES string of the molecule is CCC(NCc1cc(C(=O)c2cccc(OC)c2)ccc1N)C(=O)O. The molecule has 0 aliphatic rings. The van der Waals surface area contributed by atoms with E-state index in [4.69, 9.17) is 15.6 Å². The first kappa shape index (κ1) is 18.5. The maximum absolute atomic E-state index is 12.7. The second kappa shape index (κ2) is 8.30. The third-order valence-corrected chi connectivity index (χ3v) is 3.98. The second-order valence-electron chi connectivity index (χ2n) is 5.65. The number of carboxylic acid groups (broad SMARTS) is 1. The lowest BCUT2D eigenvalue weighted by Gasteiger charge is -2.14. The van der Waals surface area contributed by atoms with Gasteiger partial charge in [-0.05, 0) is 42.3 Å². The molecule has 0 aliphatic heterocycles. The molecule has 2 rings (SSSR count). The molecule has 1 unspecified atom stereocenters. The molecular weight excluding hydrogens is 320 g/mol. The summed E-state index contributed by atoms with van der Waals surface area (Å²) in [7, 11) is 1.54. The van der Waals surface area contributed by atoms with E-state index in [9.17, 15) is 9.59 Å². The topological polar surface area (TPSA) is 102 Å². The van der Waals surface area contributed by atoms with Crippen molar-refractivity contribution in [1.29, 1.82) is 0 Å². The largest absolute Gasteiger partial charge is 0.497 e. The molecular formula is C19H22N2O4. The van der Waals surface area contributed by atoms with E-state index in [1.54, 1.807) is 56.5 Å². The van der Waals surface area contributed by atoms with Crippen LogP contribution >= 0.6 is 0 Å². The number of carbonyl (C=O) groups is 2. The fourth-order valence-electron chi connectivity index (χ4n) is 2.47. The van der Waals surface area contributed by atoms with Gasteiger partial charge < -0.3 is 20.9 Å². The van der Waals surface area contributed by atoms with Gasteiger partial charge in [0.15, 0.2) is 5.78 Å². The third-order valence-electron chi connectivity index (χ3n) is 3.98. The Hall–Kier alpha value is -2.86. The molecule has 0 fully saturated rings. The van der Waals surface area contributed by atoms with Gasteiger partial charge in [-0.1, -0.05) is 19.1 Å². The van der Waals surface area contributed by atoms with Crippen LogP contribution in [0, 0.1) is 0 Å². The smallest absolute Gasteiger partial charge is 0.320 e. The minimum absolute atomic E-state index is 0.148. The van der Waals surface area contributed by atoms with Crippen molar-refractivity contribution in [2.24, 2.45) is 0 Å². The van der Waals surface area contributed by atoms with Crippen molar-refractivity contribution >= 4 is 17.4 Å². The summed E-state index contributed by atoms with van der Waals surface area (Å²) in [5.74, 6) is -0.453. The van der Waals surface area contributed by atoms with Gasteiger partial charge >= 0.3 is 5.97 Å². The number of benzene rings is 2. The molecule has 2 aromatic carbocycles. The highest BCUT2D eigenvalue weighted by Crippen LogP contribution is 2.20. The number of ketones is 1. The van der Waals surface area contributed by atoms with Gasteiger partial charge in [0.1, 0.15) is 11.8 Å². The lowest BCUT2D eigenvalue weighted by Crippen LogP contribution is -2.35. The molecule has 1 atom stereocenters. The molecule has 0 aromatic heterocycles. The Morgan fingerprint density at radius 1 is 1.20 bits per heavy atom. The first-order valence-electron chi connectivity index (χ1n) is 7.99. The van der Waals surface area contributed by atoms with Crippen molar-refractivity contribution in [3.05, 3.63) is 59.2 Å². The predicted molar refractivity (Wildman–Crippen MR) is 95.8 cm³/mol. The Bertz CT molecular complexity index is 774. The number of hydrogen-bond acceptors (Lipinski definition) is 5.